The summed E-state index contributed by atoms with van der Waals surface area (Å²) in [4.78, 5) is 8.89. The largest absolute Gasteiger partial charge is 0.381 e. The van der Waals surface area contributed by atoms with Crippen molar-refractivity contribution in [2.75, 3.05) is 13.2 Å². The summed E-state index contributed by atoms with van der Waals surface area (Å²) in [6, 6.07) is 0.00358. The number of nitrogens with zero attached hydrogens (tertiary/aromatic N) is 2. The van der Waals surface area contributed by atoms with Gasteiger partial charge in [0.1, 0.15) is 5.82 Å². The smallest absolute Gasteiger partial charge is 0.128 e. The lowest BCUT2D eigenvalue weighted by atomic mass is 10.0. The Morgan fingerprint density at radius 1 is 1.62 bits per heavy atom. The van der Waals surface area contributed by atoms with E-state index in [0.29, 0.717) is 5.92 Å². The molecule has 2 N–H and O–H groups in total. The summed E-state index contributed by atoms with van der Waals surface area (Å²) in [6.07, 6.45) is 3.90. The minimum atomic E-state index is 0.00358. The summed E-state index contributed by atoms with van der Waals surface area (Å²) in [6.45, 7) is 5.67. The standard InChI is InChI=1S/C12H19N3O/c1-8(13)11-6-14-12(15-9(11)2)5-10-3-4-16-7-10/h6,8,10H,3-5,7,13H2,1-2H3/t8-,10?/m1/s1. The van der Waals surface area contributed by atoms with Gasteiger partial charge < -0.3 is 10.5 Å². The van der Waals surface area contributed by atoms with E-state index in [9.17, 15) is 0 Å². The van der Waals surface area contributed by atoms with Crippen LogP contribution in [-0.2, 0) is 11.2 Å². The molecule has 1 saturated heterocycles. The Morgan fingerprint density at radius 3 is 3.00 bits per heavy atom. The van der Waals surface area contributed by atoms with Crippen LogP contribution in [0.5, 0.6) is 0 Å². The molecule has 2 heterocycles. The maximum absolute atomic E-state index is 5.83. The van der Waals surface area contributed by atoms with E-state index in [1.54, 1.807) is 0 Å². The predicted octanol–water partition coefficient (Wildman–Crippen LogP) is 1.38. The van der Waals surface area contributed by atoms with Crippen LogP contribution in [0, 0.1) is 12.8 Å². The molecule has 1 aromatic rings. The highest BCUT2D eigenvalue weighted by molar-refractivity contribution is 5.19. The van der Waals surface area contributed by atoms with Crippen LogP contribution < -0.4 is 5.73 Å². The molecule has 0 spiro atoms. The number of aryl methyl sites for hydroxylation is 1. The molecule has 1 unspecified atom stereocenters. The molecule has 4 heteroatoms. The molecule has 1 fully saturated rings. The first-order valence-electron chi connectivity index (χ1n) is 5.82. The molecular weight excluding hydrogens is 202 g/mol. The maximum Gasteiger partial charge on any atom is 0.128 e. The van der Waals surface area contributed by atoms with Crippen molar-refractivity contribution in [1.29, 1.82) is 0 Å². The van der Waals surface area contributed by atoms with Gasteiger partial charge in [-0.15, -0.1) is 0 Å². The molecule has 0 radical (unpaired) electrons. The SMILES string of the molecule is Cc1nc(CC2CCOC2)ncc1[C@@H](C)N. The second kappa shape index (κ2) is 4.89. The molecular formula is C12H19N3O. The summed E-state index contributed by atoms with van der Waals surface area (Å²) >= 11 is 0. The summed E-state index contributed by atoms with van der Waals surface area (Å²) in [5, 5.41) is 0. The van der Waals surface area contributed by atoms with Gasteiger partial charge in [0.25, 0.3) is 0 Å². The van der Waals surface area contributed by atoms with Gasteiger partial charge in [-0.1, -0.05) is 0 Å². The molecule has 1 aliphatic heterocycles. The average molecular weight is 221 g/mol. The number of hydrogen-bond acceptors (Lipinski definition) is 4. The van der Waals surface area contributed by atoms with E-state index in [1.807, 2.05) is 20.0 Å². The second-order valence-corrected chi connectivity index (χ2v) is 4.55. The van der Waals surface area contributed by atoms with Gasteiger partial charge in [-0.2, -0.15) is 0 Å². The van der Waals surface area contributed by atoms with Gasteiger partial charge in [0.2, 0.25) is 0 Å². The highest BCUT2D eigenvalue weighted by atomic mass is 16.5. The normalized spacial score (nSPS) is 22.3. The van der Waals surface area contributed by atoms with Crippen LogP contribution in [0.1, 0.15) is 36.5 Å². The monoisotopic (exact) mass is 221 g/mol. The lowest BCUT2D eigenvalue weighted by molar-refractivity contribution is 0.185. The quantitative estimate of drug-likeness (QED) is 0.837. The van der Waals surface area contributed by atoms with Crippen LogP contribution in [0.15, 0.2) is 6.20 Å². The summed E-state index contributed by atoms with van der Waals surface area (Å²) in [5.74, 6) is 1.50. The Morgan fingerprint density at radius 2 is 2.44 bits per heavy atom. The first-order chi connectivity index (χ1) is 7.66. The third kappa shape index (κ3) is 2.57. The number of nitrogens with two attached hydrogens (primary N) is 1. The van der Waals surface area contributed by atoms with Crippen molar-refractivity contribution in [3.8, 4) is 0 Å². The van der Waals surface area contributed by atoms with Gasteiger partial charge in [-0.25, -0.2) is 9.97 Å². The highest BCUT2D eigenvalue weighted by Gasteiger charge is 2.18. The lowest BCUT2D eigenvalue weighted by Gasteiger charge is -2.11. The van der Waals surface area contributed by atoms with Crippen molar-refractivity contribution in [3.63, 3.8) is 0 Å². The van der Waals surface area contributed by atoms with Gasteiger partial charge in [-0.3, -0.25) is 0 Å². The van der Waals surface area contributed by atoms with Gasteiger partial charge in [0.05, 0.1) is 0 Å². The maximum atomic E-state index is 5.83. The topological polar surface area (TPSA) is 61.0 Å². The van der Waals surface area contributed by atoms with Crippen LogP contribution in [0.3, 0.4) is 0 Å². The Balaban J connectivity index is 2.08. The van der Waals surface area contributed by atoms with E-state index in [-0.39, 0.29) is 6.04 Å². The number of rotatable bonds is 3. The van der Waals surface area contributed by atoms with Crippen LogP contribution in [-0.4, -0.2) is 23.2 Å². The molecule has 0 aromatic carbocycles. The summed E-state index contributed by atoms with van der Waals surface area (Å²) in [7, 11) is 0. The Hall–Kier alpha value is -1.00. The molecule has 0 bridgehead atoms. The number of aromatic nitrogens is 2. The third-order valence-corrected chi connectivity index (χ3v) is 3.05. The van der Waals surface area contributed by atoms with Gasteiger partial charge in [0.15, 0.2) is 0 Å². The molecule has 1 aliphatic rings. The van der Waals surface area contributed by atoms with Crippen LogP contribution in [0.2, 0.25) is 0 Å². The molecule has 0 saturated carbocycles. The Labute approximate surface area is 96.2 Å². The fourth-order valence-corrected chi connectivity index (χ4v) is 2.07. The molecule has 88 valence electrons. The molecule has 2 rings (SSSR count). The number of hydrogen-bond donors (Lipinski definition) is 1. The van der Waals surface area contributed by atoms with E-state index in [4.69, 9.17) is 10.5 Å². The zero-order valence-corrected chi connectivity index (χ0v) is 9.94. The number of ether oxygens (including phenoxy) is 1. The fraction of sp³-hybridized carbons (Fsp3) is 0.667. The van der Waals surface area contributed by atoms with Gasteiger partial charge in [0, 0.05) is 43.1 Å². The first-order valence-corrected chi connectivity index (χ1v) is 5.82. The van der Waals surface area contributed by atoms with Crippen LogP contribution >= 0.6 is 0 Å². The van der Waals surface area contributed by atoms with E-state index in [0.717, 1.165) is 43.1 Å². The van der Waals surface area contributed by atoms with Crippen molar-refractivity contribution in [1.82, 2.24) is 9.97 Å². The van der Waals surface area contributed by atoms with Crippen molar-refractivity contribution >= 4 is 0 Å². The Bertz CT molecular complexity index is 359. The van der Waals surface area contributed by atoms with E-state index < -0.39 is 0 Å². The van der Waals surface area contributed by atoms with Crippen molar-refractivity contribution in [2.24, 2.45) is 11.7 Å². The fourth-order valence-electron chi connectivity index (χ4n) is 2.07. The molecule has 4 nitrogen and oxygen atoms in total. The minimum Gasteiger partial charge on any atom is -0.381 e. The molecule has 2 atom stereocenters. The van der Waals surface area contributed by atoms with Crippen LogP contribution in [0.25, 0.3) is 0 Å². The molecule has 0 amide bonds. The third-order valence-electron chi connectivity index (χ3n) is 3.05. The van der Waals surface area contributed by atoms with E-state index in [1.165, 1.54) is 0 Å². The van der Waals surface area contributed by atoms with E-state index >= 15 is 0 Å². The lowest BCUT2D eigenvalue weighted by Crippen LogP contribution is -2.12. The predicted molar refractivity (Wildman–Crippen MR) is 62.0 cm³/mol. The van der Waals surface area contributed by atoms with E-state index in [2.05, 4.69) is 9.97 Å². The summed E-state index contributed by atoms with van der Waals surface area (Å²) < 4.78 is 5.35. The Kier molecular flexibility index (Phi) is 3.51. The first kappa shape index (κ1) is 11.5. The second-order valence-electron chi connectivity index (χ2n) is 4.55. The van der Waals surface area contributed by atoms with Crippen LogP contribution in [0.4, 0.5) is 0 Å². The zero-order valence-electron chi connectivity index (χ0n) is 9.94. The highest BCUT2D eigenvalue weighted by Crippen LogP contribution is 2.18. The minimum absolute atomic E-state index is 0.00358. The summed E-state index contributed by atoms with van der Waals surface area (Å²) in [5.41, 5.74) is 7.86. The molecule has 16 heavy (non-hydrogen) atoms. The van der Waals surface area contributed by atoms with Gasteiger partial charge >= 0.3 is 0 Å². The van der Waals surface area contributed by atoms with Crippen molar-refractivity contribution in [2.45, 2.75) is 32.7 Å². The molecule has 1 aromatic heterocycles. The zero-order chi connectivity index (χ0) is 11.5. The van der Waals surface area contributed by atoms with Crippen molar-refractivity contribution < 1.29 is 4.74 Å². The molecule has 0 aliphatic carbocycles. The van der Waals surface area contributed by atoms with Gasteiger partial charge in [-0.05, 0) is 26.2 Å². The van der Waals surface area contributed by atoms with Crippen molar-refractivity contribution in [3.05, 3.63) is 23.3 Å². The average Bonchev–Trinajstić information content (AvgIpc) is 2.70.